The van der Waals surface area contributed by atoms with Crippen LogP contribution in [0.2, 0.25) is 0 Å². The van der Waals surface area contributed by atoms with Gasteiger partial charge >= 0.3 is 48.0 Å². The molecule has 4 N–H and O–H groups in total. The van der Waals surface area contributed by atoms with Crippen molar-refractivity contribution in [3.63, 3.8) is 0 Å². The Hall–Kier alpha value is -9.54. The molecule has 27 heteroatoms. The molecule has 0 aromatic heterocycles. The van der Waals surface area contributed by atoms with Crippen molar-refractivity contribution < 1.29 is 98.6 Å². The Morgan fingerprint density at radius 3 is 1.14 bits per heavy atom. The lowest BCUT2D eigenvalue weighted by Gasteiger charge is -2.39. The number of rotatable bonds is 15. The van der Waals surface area contributed by atoms with E-state index in [1.807, 2.05) is 65.6 Å². The second-order valence-electron chi connectivity index (χ2n) is 29.3. The number of likely N-dealkylation sites (tertiary alicyclic amines) is 2. The molecular weight excluding hydrogens is 1410 g/mol. The number of benzene rings is 6. The smallest absolute Gasteiger partial charge is 0.471 e. The van der Waals surface area contributed by atoms with E-state index in [0.717, 1.165) is 72.7 Å². The molecule has 6 heterocycles. The molecule has 4 amide bonds. The zero-order valence-electron chi connectivity index (χ0n) is 59.9. The number of hydrogen-bond acceptors (Lipinski definition) is 15. The number of carboxylic acids is 2. The van der Waals surface area contributed by atoms with Gasteiger partial charge in [0.2, 0.25) is 0 Å². The van der Waals surface area contributed by atoms with Gasteiger partial charge in [-0.3, -0.25) is 19.2 Å². The molecule has 6 aromatic carbocycles. The van der Waals surface area contributed by atoms with Crippen LogP contribution in [0.3, 0.4) is 0 Å². The van der Waals surface area contributed by atoms with Gasteiger partial charge in [0.1, 0.15) is 0 Å². The Kier molecular flexibility index (Phi) is 23.9. The lowest BCUT2D eigenvalue weighted by atomic mass is 9.86. The molecule has 21 nitrogen and oxygen atoms in total. The number of ether oxygens (including phenoxy) is 5. The Morgan fingerprint density at radius 2 is 0.778 bits per heavy atom. The molecule has 6 aliphatic heterocycles. The maximum Gasteiger partial charge on any atom is 0.471 e. The van der Waals surface area contributed by atoms with Crippen molar-refractivity contribution in [3.05, 3.63) is 214 Å². The van der Waals surface area contributed by atoms with Gasteiger partial charge in [0, 0.05) is 79.2 Å². The van der Waals surface area contributed by atoms with Gasteiger partial charge in [-0.2, -0.15) is 26.3 Å². The molecule has 9 atom stereocenters. The van der Waals surface area contributed by atoms with E-state index in [1.165, 1.54) is 74.7 Å². The molecule has 9 fully saturated rings. The van der Waals surface area contributed by atoms with E-state index in [0.29, 0.717) is 105 Å². The number of methoxy groups -OCH3 is 2. The first-order valence-electron chi connectivity index (χ1n) is 36.5. The highest BCUT2D eigenvalue weighted by Crippen LogP contribution is 2.52. The van der Waals surface area contributed by atoms with Gasteiger partial charge in [-0.1, -0.05) is 91.0 Å². The van der Waals surface area contributed by atoms with Gasteiger partial charge < -0.3 is 64.1 Å². The Labute approximate surface area is 621 Å². The number of aromatic carboxylic acids is 2. The van der Waals surface area contributed by atoms with E-state index in [4.69, 9.17) is 24.4 Å². The summed E-state index contributed by atoms with van der Waals surface area (Å²) in [5.74, 6) is -6.26. The van der Waals surface area contributed by atoms with Crippen molar-refractivity contribution >= 4 is 47.5 Å². The number of carbonyl (C=O) groups excluding carboxylic acids is 6. The van der Waals surface area contributed by atoms with Crippen molar-refractivity contribution in [2.45, 2.75) is 160 Å². The third-order valence-electron chi connectivity index (χ3n) is 22.4. The summed E-state index contributed by atoms with van der Waals surface area (Å²) in [7, 11) is 2.55. The minimum Gasteiger partial charge on any atom is -0.478 e. The second-order valence-corrected chi connectivity index (χ2v) is 29.3. The molecule has 574 valence electrons. The highest BCUT2D eigenvalue weighted by molar-refractivity contribution is 5.97. The number of esters is 2. The van der Waals surface area contributed by atoms with Crippen molar-refractivity contribution in [3.8, 4) is 0 Å². The standard InChI is InChI=1S/C28H29F3N2O5.C25H28N2O4.C19H23F3N2O2.C9H8O4/c1-37-25(35)20-9-7-19(8-10-20)24(34)32-13-11-27(12-14-32)16-21(17-38-27)33(26(36)28(29,30)31)23-15-22(23)18-5-3-2-4-6-18;28-23(18-6-8-19(9-7-18)24(29)30)27-12-10-25(11-13-27)15-20(16-31-25)26-22-14-21(22)17-4-2-1-3-5-17;20-19(21,22)17(25)24(16-10-15(16)13-4-2-1-3-5-13)14-11-18(26-12-14)6-8-23-9-7-18;1-13-9(12)7-4-2-6(3-5-7)8(10)11/h2-10,21-23H,11-17H2,1H3;1-9,20-22,26H,10-16H2,(H,29,30);1-5,14-16,23H,6-12H2;2-5H,1H3,(H,10,11)/t21?,22-,23+;20?,21-,22+;14?,15-,16+;/m000./s1. The van der Waals surface area contributed by atoms with Crippen LogP contribution in [0.25, 0.3) is 0 Å². The van der Waals surface area contributed by atoms with Crippen LogP contribution < -0.4 is 10.6 Å². The molecule has 6 aromatic rings. The van der Waals surface area contributed by atoms with Crippen LogP contribution in [0, 0.1) is 0 Å². The number of alkyl halides is 6. The number of carbonyl (C=O) groups is 8. The summed E-state index contributed by atoms with van der Waals surface area (Å²) in [5, 5.41) is 24.6. The monoisotopic (exact) mass is 1500 g/mol. The summed E-state index contributed by atoms with van der Waals surface area (Å²) >= 11 is 0. The van der Waals surface area contributed by atoms with E-state index >= 15 is 0 Å². The Bertz CT molecular complexity index is 4160. The molecular formula is C81H88F6N6O15. The number of carboxylic acid groups (broad SMARTS) is 2. The van der Waals surface area contributed by atoms with Crippen molar-refractivity contribution in [1.29, 1.82) is 0 Å². The predicted molar refractivity (Wildman–Crippen MR) is 381 cm³/mol. The largest absolute Gasteiger partial charge is 0.478 e. The van der Waals surface area contributed by atoms with E-state index in [9.17, 15) is 64.7 Å². The lowest BCUT2D eigenvalue weighted by molar-refractivity contribution is -0.188. The SMILES string of the molecule is COC(=O)c1ccc(C(=O)N2CCC3(CC2)CC(N(C(=O)C(F)(F)F)[C@@H]2C[C@H]2c2ccccc2)CO3)cc1.COC(=O)c1ccc(C(=O)O)cc1.O=C(N(C1COC2(CCNCC2)C1)[C@@H]1C[C@H]1c1ccccc1)C(F)(F)F.O=C(O)c1ccc(C(=O)N2CCC3(CC2)CC(N[C@@H]2C[C@H]2c2ccccc2)CO3)cc1. The van der Waals surface area contributed by atoms with Crippen LogP contribution in [0.5, 0.6) is 0 Å². The third-order valence-corrected chi connectivity index (χ3v) is 22.4. The summed E-state index contributed by atoms with van der Waals surface area (Å²) in [6.07, 6.45) is -1.56. The number of halogens is 6. The zero-order valence-corrected chi connectivity index (χ0v) is 59.9. The predicted octanol–water partition coefficient (Wildman–Crippen LogP) is 11.5. The van der Waals surface area contributed by atoms with Gasteiger partial charge in [0.05, 0.1) is 85.2 Å². The fraction of sp³-hybridized carbons (Fsp3) is 0.457. The van der Waals surface area contributed by atoms with Crippen molar-refractivity contribution in [2.75, 3.05) is 73.3 Å². The minimum atomic E-state index is -4.96. The Morgan fingerprint density at radius 1 is 0.444 bits per heavy atom. The normalized spacial score (nSPS) is 24.6. The Balaban J connectivity index is 0.000000141. The summed E-state index contributed by atoms with van der Waals surface area (Å²) in [5.41, 5.74) is 4.15. The maximum atomic E-state index is 13.6. The molecule has 0 bridgehead atoms. The molecule has 9 aliphatic rings. The zero-order chi connectivity index (χ0) is 76.7. The van der Waals surface area contributed by atoms with Crippen molar-refractivity contribution in [2.24, 2.45) is 0 Å². The molecule has 0 radical (unpaired) electrons. The molecule has 6 saturated heterocycles. The first kappa shape index (κ1) is 78.1. The first-order chi connectivity index (χ1) is 51.7. The van der Waals surface area contributed by atoms with Gasteiger partial charge in [0.15, 0.2) is 0 Å². The van der Waals surface area contributed by atoms with Gasteiger partial charge in [-0.15, -0.1) is 0 Å². The fourth-order valence-electron chi connectivity index (χ4n) is 16.3. The average Bonchev–Trinajstić information content (AvgIpc) is 1.60. The third kappa shape index (κ3) is 18.6. The number of nitrogens with one attached hydrogen (secondary N) is 2. The van der Waals surface area contributed by atoms with Crippen LogP contribution in [0.4, 0.5) is 26.3 Å². The van der Waals surface area contributed by atoms with Crippen LogP contribution in [0.1, 0.15) is 174 Å². The summed E-state index contributed by atoms with van der Waals surface area (Å²) < 4.78 is 108. The summed E-state index contributed by atoms with van der Waals surface area (Å²) in [6.45, 7) is 4.68. The van der Waals surface area contributed by atoms with E-state index in [-0.39, 0.29) is 59.2 Å². The van der Waals surface area contributed by atoms with Crippen LogP contribution in [0.15, 0.2) is 164 Å². The van der Waals surface area contributed by atoms with E-state index in [2.05, 4.69) is 50.4 Å². The number of hydrogen-bond donors (Lipinski definition) is 4. The minimum absolute atomic E-state index is 0.0212. The quantitative estimate of drug-likeness (QED) is 0.0550. The number of amides is 4. The highest BCUT2D eigenvalue weighted by atomic mass is 19.4. The molecule has 3 unspecified atom stereocenters. The van der Waals surface area contributed by atoms with Crippen LogP contribution in [-0.4, -0.2) is 216 Å². The van der Waals surface area contributed by atoms with Gasteiger partial charge in [-0.05, 0) is 180 Å². The van der Waals surface area contributed by atoms with Crippen molar-refractivity contribution in [1.82, 2.24) is 30.2 Å². The molecule has 3 saturated carbocycles. The molecule has 108 heavy (non-hydrogen) atoms. The second kappa shape index (κ2) is 33.1. The lowest BCUT2D eigenvalue weighted by Crippen LogP contribution is -2.50. The summed E-state index contributed by atoms with van der Waals surface area (Å²) in [6, 6.07) is 46.2. The molecule has 3 spiro atoms. The van der Waals surface area contributed by atoms with Gasteiger partial charge in [0.25, 0.3) is 11.8 Å². The first-order valence-corrected chi connectivity index (χ1v) is 36.5. The highest BCUT2D eigenvalue weighted by Gasteiger charge is 2.59. The molecule has 3 aliphatic carbocycles. The molecule has 15 rings (SSSR count). The number of piperidine rings is 3. The number of nitrogens with zero attached hydrogens (tertiary/aromatic N) is 4. The average molecular weight is 1500 g/mol. The fourth-order valence-corrected chi connectivity index (χ4v) is 16.3. The van der Waals surface area contributed by atoms with Crippen LogP contribution in [-0.2, 0) is 33.3 Å². The van der Waals surface area contributed by atoms with E-state index in [1.54, 1.807) is 29.2 Å². The maximum absolute atomic E-state index is 13.6. The van der Waals surface area contributed by atoms with Gasteiger partial charge in [-0.25, -0.2) is 19.2 Å². The van der Waals surface area contributed by atoms with Crippen LogP contribution >= 0.6 is 0 Å². The topological polar surface area (TPSA) is 260 Å². The van der Waals surface area contributed by atoms with E-state index < -0.39 is 77.8 Å². The summed E-state index contributed by atoms with van der Waals surface area (Å²) in [4.78, 5) is 100.